The second-order valence-corrected chi connectivity index (χ2v) is 7.37. The van der Waals surface area contributed by atoms with Crippen LogP contribution in [-0.2, 0) is 13.6 Å². The Hall–Kier alpha value is -4.14. The van der Waals surface area contributed by atoms with Gasteiger partial charge >= 0.3 is 5.69 Å². The second-order valence-electron chi connectivity index (χ2n) is 7.37. The molecule has 0 atom stereocenters. The van der Waals surface area contributed by atoms with Crippen molar-refractivity contribution in [2.24, 2.45) is 12.1 Å². The first kappa shape index (κ1) is 21.1. The Kier molecular flexibility index (Phi) is 5.89. The molecule has 0 aliphatic heterocycles. The number of H-pyrrole nitrogens is 1. The molecule has 0 aliphatic rings. The first-order valence-corrected chi connectivity index (χ1v) is 10.2. The average Bonchev–Trinajstić information content (AvgIpc) is 3.14. The molecule has 0 amide bonds. The monoisotopic (exact) mass is 432 g/mol. The van der Waals surface area contributed by atoms with Crippen LogP contribution in [-0.4, -0.2) is 31.9 Å². The molecule has 0 spiro atoms. The van der Waals surface area contributed by atoms with Crippen molar-refractivity contribution in [1.29, 1.82) is 0 Å². The fourth-order valence-electron chi connectivity index (χ4n) is 3.33. The van der Waals surface area contributed by atoms with Crippen LogP contribution in [0.5, 0.6) is 5.75 Å². The molecule has 164 valence electrons. The second kappa shape index (κ2) is 8.93. The van der Waals surface area contributed by atoms with E-state index in [-0.39, 0.29) is 5.65 Å². The summed E-state index contributed by atoms with van der Waals surface area (Å²) < 4.78 is 8.47. The molecule has 2 N–H and O–H groups in total. The molecule has 0 saturated carbocycles. The fraction of sp³-hybridized carbons (Fsp3) is 0.217. The van der Waals surface area contributed by atoms with Gasteiger partial charge in [-0.2, -0.15) is 10.1 Å². The van der Waals surface area contributed by atoms with Crippen molar-refractivity contribution < 1.29 is 4.74 Å². The molecule has 9 heteroatoms. The normalized spacial score (nSPS) is 11.3. The lowest BCUT2D eigenvalue weighted by atomic mass is 10.1. The summed E-state index contributed by atoms with van der Waals surface area (Å²) in [4.78, 5) is 31.5. The number of benzene rings is 2. The zero-order chi connectivity index (χ0) is 22.7. The molecule has 0 aliphatic carbocycles. The van der Waals surface area contributed by atoms with E-state index in [2.05, 4.69) is 20.5 Å². The number of rotatable bonds is 7. The molecule has 0 bridgehead atoms. The van der Waals surface area contributed by atoms with Gasteiger partial charge in [-0.3, -0.25) is 18.9 Å². The van der Waals surface area contributed by atoms with Crippen LogP contribution in [0.15, 0.2) is 63.2 Å². The fourth-order valence-corrected chi connectivity index (χ4v) is 3.33. The quantitative estimate of drug-likeness (QED) is 0.345. The first-order valence-electron chi connectivity index (χ1n) is 10.2. The molecule has 4 aromatic rings. The van der Waals surface area contributed by atoms with Crippen LogP contribution < -0.4 is 21.4 Å². The minimum atomic E-state index is -0.521. The summed E-state index contributed by atoms with van der Waals surface area (Å²) >= 11 is 0. The number of hydrogen-bond donors (Lipinski definition) is 2. The van der Waals surface area contributed by atoms with Gasteiger partial charge in [-0.25, -0.2) is 10.2 Å². The van der Waals surface area contributed by atoms with E-state index in [9.17, 15) is 9.59 Å². The van der Waals surface area contributed by atoms with Gasteiger partial charge in [-0.1, -0.05) is 29.8 Å². The maximum absolute atomic E-state index is 12.6. The lowest BCUT2D eigenvalue weighted by Gasteiger charge is -2.09. The van der Waals surface area contributed by atoms with Gasteiger partial charge in [-0.15, -0.1) is 0 Å². The van der Waals surface area contributed by atoms with Crippen LogP contribution in [0.3, 0.4) is 0 Å². The number of aromatic nitrogens is 4. The maximum Gasteiger partial charge on any atom is 0.329 e. The lowest BCUT2D eigenvalue weighted by Crippen LogP contribution is -2.29. The Morgan fingerprint density at radius 1 is 1.12 bits per heavy atom. The third kappa shape index (κ3) is 4.31. The van der Waals surface area contributed by atoms with E-state index in [0.29, 0.717) is 24.6 Å². The Bertz CT molecular complexity index is 1380. The Morgan fingerprint density at radius 3 is 2.53 bits per heavy atom. The van der Waals surface area contributed by atoms with Crippen LogP contribution >= 0.6 is 0 Å². The number of aromatic amines is 1. The van der Waals surface area contributed by atoms with Gasteiger partial charge in [0.05, 0.1) is 19.4 Å². The van der Waals surface area contributed by atoms with Crippen molar-refractivity contribution in [3.63, 3.8) is 0 Å². The van der Waals surface area contributed by atoms with Crippen molar-refractivity contribution >= 4 is 23.3 Å². The van der Waals surface area contributed by atoms with Gasteiger partial charge < -0.3 is 4.74 Å². The Labute approximate surface area is 184 Å². The molecule has 0 fully saturated rings. The van der Waals surface area contributed by atoms with E-state index in [1.54, 1.807) is 17.8 Å². The summed E-state index contributed by atoms with van der Waals surface area (Å²) in [6, 6.07) is 15.5. The highest BCUT2D eigenvalue weighted by atomic mass is 16.5. The Morgan fingerprint density at radius 2 is 1.84 bits per heavy atom. The standard InChI is InChI=1S/C23H24N6O3/c1-4-32-18-11-9-16(10-12-18)13-24-27-22-25-20-19(21(30)26-23(31)28(20)3)29(22)14-17-7-5-15(2)6-8-17/h5-13H,4,14H2,1-3H3,(H,25,27)(H,26,30,31). The molecule has 9 nitrogen and oxygen atoms in total. The molecule has 0 saturated heterocycles. The first-order chi connectivity index (χ1) is 15.5. The number of ether oxygens (including phenoxy) is 1. The van der Waals surface area contributed by atoms with Crippen LogP contribution in [0.25, 0.3) is 11.2 Å². The van der Waals surface area contributed by atoms with Gasteiger partial charge in [-0.05, 0) is 49.2 Å². The average molecular weight is 432 g/mol. The number of nitrogens with zero attached hydrogens (tertiary/aromatic N) is 4. The van der Waals surface area contributed by atoms with Crippen molar-refractivity contribution in [1.82, 2.24) is 19.1 Å². The number of nitrogens with one attached hydrogen (secondary N) is 2. The number of aryl methyl sites for hydroxylation is 2. The van der Waals surface area contributed by atoms with Crippen molar-refractivity contribution in [3.05, 3.63) is 86.1 Å². The molecule has 2 heterocycles. The number of fused-ring (bicyclic) bond motifs is 1. The molecular weight excluding hydrogens is 408 g/mol. The van der Waals surface area contributed by atoms with Crippen LogP contribution in [0.1, 0.15) is 23.6 Å². The number of imidazole rings is 1. The van der Waals surface area contributed by atoms with Gasteiger partial charge in [0.1, 0.15) is 5.75 Å². The summed E-state index contributed by atoms with van der Waals surface area (Å²) in [7, 11) is 1.57. The summed E-state index contributed by atoms with van der Waals surface area (Å²) in [6.45, 7) is 4.94. The highest BCUT2D eigenvalue weighted by molar-refractivity contribution is 5.80. The summed E-state index contributed by atoms with van der Waals surface area (Å²) in [5.41, 5.74) is 5.48. The molecular formula is C23H24N6O3. The smallest absolute Gasteiger partial charge is 0.329 e. The van der Waals surface area contributed by atoms with E-state index in [1.807, 2.05) is 62.4 Å². The predicted octanol–water partition coefficient (Wildman–Crippen LogP) is 2.62. The summed E-state index contributed by atoms with van der Waals surface area (Å²) in [6.07, 6.45) is 1.65. The number of hydrogen-bond acceptors (Lipinski definition) is 6. The molecule has 2 aromatic heterocycles. The minimum Gasteiger partial charge on any atom is -0.494 e. The third-order valence-corrected chi connectivity index (χ3v) is 5.04. The van der Waals surface area contributed by atoms with Gasteiger partial charge in [0.25, 0.3) is 5.56 Å². The van der Waals surface area contributed by atoms with E-state index in [1.165, 1.54) is 4.57 Å². The highest BCUT2D eigenvalue weighted by Crippen LogP contribution is 2.18. The SMILES string of the molecule is CCOc1ccc(C=NNc2nc3c(c(=O)[nH]c(=O)n3C)n2Cc2ccc(C)cc2)cc1. The Balaban J connectivity index is 1.70. The zero-order valence-corrected chi connectivity index (χ0v) is 18.1. The van der Waals surface area contributed by atoms with Gasteiger partial charge in [0, 0.05) is 7.05 Å². The number of hydrazone groups is 1. The van der Waals surface area contributed by atoms with Crippen molar-refractivity contribution in [2.75, 3.05) is 12.0 Å². The molecule has 2 aromatic carbocycles. The van der Waals surface area contributed by atoms with Crippen LogP contribution in [0.4, 0.5) is 5.95 Å². The maximum atomic E-state index is 12.6. The van der Waals surface area contributed by atoms with E-state index in [0.717, 1.165) is 22.4 Å². The van der Waals surface area contributed by atoms with E-state index < -0.39 is 11.2 Å². The number of anilines is 1. The third-order valence-electron chi connectivity index (χ3n) is 5.04. The van der Waals surface area contributed by atoms with Gasteiger partial charge in [0.15, 0.2) is 11.2 Å². The molecule has 0 radical (unpaired) electrons. The summed E-state index contributed by atoms with van der Waals surface area (Å²) in [5, 5.41) is 4.28. The van der Waals surface area contributed by atoms with E-state index in [4.69, 9.17) is 4.74 Å². The van der Waals surface area contributed by atoms with Crippen LogP contribution in [0, 0.1) is 6.92 Å². The lowest BCUT2D eigenvalue weighted by molar-refractivity contribution is 0.340. The molecule has 0 unspecified atom stereocenters. The van der Waals surface area contributed by atoms with Crippen molar-refractivity contribution in [2.45, 2.75) is 20.4 Å². The summed E-state index contributed by atoms with van der Waals surface area (Å²) in [5.74, 6) is 1.15. The van der Waals surface area contributed by atoms with E-state index >= 15 is 0 Å². The van der Waals surface area contributed by atoms with Crippen molar-refractivity contribution in [3.8, 4) is 5.75 Å². The topological polar surface area (TPSA) is 106 Å². The zero-order valence-electron chi connectivity index (χ0n) is 18.1. The molecule has 32 heavy (non-hydrogen) atoms. The predicted molar refractivity (Wildman–Crippen MR) is 125 cm³/mol. The minimum absolute atomic E-state index is 0.282. The highest BCUT2D eigenvalue weighted by Gasteiger charge is 2.17. The largest absolute Gasteiger partial charge is 0.494 e. The van der Waals surface area contributed by atoms with Gasteiger partial charge in [0.2, 0.25) is 5.95 Å². The van der Waals surface area contributed by atoms with Crippen LogP contribution in [0.2, 0.25) is 0 Å². The molecule has 4 rings (SSSR count).